The van der Waals surface area contributed by atoms with Crippen molar-refractivity contribution >= 4 is 58.8 Å². The number of nitrogens with zero attached hydrogens (tertiary/aromatic N) is 7. The van der Waals surface area contributed by atoms with Gasteiger partial charge in [0, 0.05) is 63.3 Å². The van der Waals surface area contributed by atoms with Crippen LogP contribution in [0, 0.1) is 0 Å². The number of carbonyl (C=O) groups excluding carboxylic acids is 6. The Labute approximate surface area is 430 Å². The van der Waals surface area contributed by atoms with Crippen LogP contribution in [0.15, 0.2) is 101 Å². The number of benzene rings is 3. The highest BCUT2D eigenvalue weighted by Crippen LogP contribution is 2.28. The number of hydroxylamine groups is 1. The van der Waals surface area contributed by atoms with E-state index < -0.39 is 54.3 Å². The summed E-state index contributed by atoms with van der Waals surface area (Å²) in [5.41, 5.74) is 11.7. The van der Waals surface area contributed by atoms with Gasteiger partial charge in [-0.3, -0.25) is 19.2 Å². The maximum atomic E-state index is 14.2. The zero-order valence-corrected chi connectivity index (χ0v) is 42.4. The van der Waals surface area contributed by atoms with Crippen molar-refractivity contribution in [1.29, 1.82) is 0 Å². The van der Waals surface area contributed by atoms with Gasteiger partial charge >= 0.3 is 12.1 Å². The molecule has 0 saturated carbocycles. The number of hydrogen-bond donors (Lipinski definition) is 5. The number of aliphatic imine (C=N–C) groups is 2. The largest absolute Gasteiger partial charge is 0.492 e. The van der Waals surface area contributed by atoms with Crippen LogP contribution in [0.25, 0.3) is 0 Å². The Kier molecular flexibility index (Phi) is 21.2. The third kappa shape index (κ3) is 16.3. The van der Waals surface area contributed by atoms with E-state index in [1.54, 1.807) is 56.1 Å². The fourth-order valence-corrected chi connectivity index (χ4v) is 8.06. The number of allylic oxidation sites excluding steroid dienone is 1. The van der Waals surface area contributed by atoms with E-state index in [1.165, 1.54) is 19.6 Å². The lowest BCUT2D eigenvalue weighted by Crippen LogP contribution is -2.53. The summed E-state index contributed by atoms with van der Waals surface area (Å²) in [6.07, 6.45) is 7.02. The zero-order valence-electron chi connectivity index (χ0n) is 42.4. The molecule has 0 aromatic heterocycles. The van der Waals surface area contributed by atoms with Crippen molar-refractivity contribution in [3.8, 4) is 5.75 Å². The minimum absolute atomic E-state index is 0.0755. The van der Waals surface area contributed by atoms with Gasteiger partial charge in [-0.2, -0.15) is 5.48 Å². The second-order valence-electron chi connectivity index (χ2n) is 17.6. The van der Waals surface area contributed by atoms with Gasteiger partial charge in [0.2, 0.25) is 29.6 Å². The molecule has 74 heavy (non-hydrogen) atoms. The normalized spacial score (nSPS) is 16.4. The molecule has 22 nitrogen and oxygen atoms in total. The lowest BCUT2D eigenvalue weighted by atomic mass is 10.1. The van der Waals surface area contributed by atoms with E-state index in [0.29, 0.717) is 67.7 Å². The van der Waals surface area contributed by atoms with Gasteiger partial charge in [-0.1, -0.05) is 56.3 Å². The van der Waals surface area contributed by atoms with Gasteiger partial charge in [-0.15, -0.1) is 0 Å². The number of primary amides is 1. The van der Waals surface area contributed by atoms with E-state index in [1.807, 2.05) is 54.6 Å². The molecule has 7 amide bonds. The Hall–Kier alpha value is -7.50. The van der Waals surface area contributed by atoms with Crippen molar-refractivity contribution < 1.29 is 52.9 Å². The number of carbonyl (C=O) groups is 6. The van der Waals surface area contributed by atoms with Crippen LogP contribution in [0.5, 0.6) is 5.75 Å². The van der Waals surface area contributed by atoms with E-state index in [2.05, 4.69) is 29.4 Å². The smallest absolute Gasteiger partial charge is 0.409 e. The van der Waals surface area contributed by atoms with E-state index >= 15 is 0 Å². The molecule has 0 radical (unpaired) electrons. The summed E-state index contributed by atoms with van der Waals surface area (Å²) in [7, 11) is 3.18. The number of guanidine groups is 1. The first-order chi connectivity index (χ1) is 35.8. The molecular formula is C52H67N11O11. The van der Waals surface area contributed by atoms with Crippen molar-refractivity contribution in [2.75, 3.05) is 85.0 Å². The van der Waals surface area contributed by atoms with Gasteiger partial charge in [0.15, 0.2) is 0 Å². The van der Waals surface area contributed by atoms with Gasteiger partial charge in [-0.05, 0) is 79.5 Å². The van der Waals surface area contributed by atoms with Crippen molar-refractivity contribution in [2.24, 2.45) is 15.7 Å². The van der Waals surface area contributed by atoms with Crippen molar-refractivity contribution in [3.05, 3.63) is 113 Å². The number of amides is 7. The van der Waals surface area contributed by atoms with Crippen LogP contribution in [-0.4, -0.2) is 169 Å². The number of urea groups is 1. The van der Waals surface area contributed by atoms with Gasteiger partial charge in [0.25, 0.3) is 0 Å². The van der Waals surface area contributed by atoms with Gasteiger partial charge in [0.05, 0.1) is 50.8 Å². The van der Waals surface area contributed by atoms with E-state index in [-0.39, 0.29) is 45.4 Å². The average molecular weight is 1020 g/mol. The molecule has 6 rings (SSSR count). The highest BCUT2D eigenvalue weighted by molar-refractivity contribution is 6.18. The molecule has 22 heteroatoms. The third-order valence-electron chi connectivity index (χ3n) is 12.3. The van der Waals surface area contributed by atoms with Crippen LogP contribution in [0.1, 0.15) is 55.4 Å². The number of likely N-dealkylation sites (N-methyl/N-ethyl adjacent to an activating group) is 3. The van der Waals surface area contributed by atoms with E-state index in [4.69, 9.17) is 34.7 Å². The maximum absolute atomic E-state index is 14.2. The minimum atomic E-state index is -1.29. The summed E-state index contributed by atoms with van der Waals surface area (Å²) >= 11 is 0. The summed E-state index contributed by atoms with van der Waals surface area (Å²) in [5.74, 6) is -1.73. The fourth-order valence-electron chi connectivity index (χ4n) is 8.06. The molecule has 6 bridgehead atoms. The number of hydrogen-bond acceptors (Lipinski definition) is 15. The molecule has 2 atom stereocenters. The average Bonchev–Trinajstić information content (AvgIpc) is 3.91. The zero-order chi connectivity index (χ0) is 53.0. The number of ether oxygens (including phenoxy) is 4. The maximum Gasteiger partial charge on any atom is 0.409 e. The summed E-state index contributed by atoms with van der Waals surface area (Å²) < 4.78 is 23.7. The molecule has 3 aromatic carbocycles. The molecule has 3 aromatic rings. The lowest BCUT2D eigenvalue weighted by Gasteiger charge is -2.28. The Balaban J connectivity index is 1.03. The third-order valence-corrected chi connectivity index (χ3v) is 12.3. The van der Waals surface area contributed by atoms with Crippen LogP contribution in [0.4, 0.5) is 21.0 Å². The second kappa shape index (κ2) is 28.1. The number of nitrogens with two attached hydrogens (primary N) is 1. The Morgan fingerprint density at radius 3 is 2.38 bits per heavy atom. The Morgan fingerprint density at radius 1 is 0.905 bits per heavy atom. The molecule has 6 N–H and O–H groups in total. The highest BCUT2D eigenvalue weighted by atomic mass is 16.6. The fraction of sp³-hybridized carbons (Fsp3) is 0.423. The molecule has 0 spiro atoms. The number of anilines is 1. The van der Waals surface area contributed by atoms with E-state index in [9.17, 15) is 34.0 Å². The molecule has 3 heterocycles. The van der Waals surface area contributed by atoms with Crippen molar-refractivity contribution in [1.82, 2.24) is 35.3 Å². The first-order valence-corrected chi connectivity index (χ1v) is 24.6. The topological polar surface area (TPSA) is 263 Å². The summed E-state index contributed by atoms with van der Waals surface area (Å²) in [6, 6.07) is 17.3. The molecule has 3 aliphatic rings. The van der Waals surface area contributed by atoms with Gasteiger partial charge in [-0.25, -0.2) is 24.5 Å². The Morgan fingerprint density at radius 2 is 1.65 bits per heavy atom. The monoisotopic (exact) mass is 1020 g/mol. The summed E-state index contributed by atoms with van der Waals surface area (Å²) in [4.78, 5) is 94.6. The predicted molar refractivity (Wildman–Crippen MR) is 275 cm³/mol. The quantitative estimate of drug-likeness (QED) is 0.0844. The molecule has 396 valence electrons. The lowest BCUT2D eigenvalue weighted by molar-refractivity contribution is -0.143. The van der Waals surface area contributed by atoms with Crippen LogP contribution in [0.3, 0.4) is 0 Å². The molecule has 0 aliphatic carbocycles. The van der Waals surface area contributed by atoms with Crippen molar-refractivity contribution in [2.45, 2.75) is 65.0 Å². The highest BCUT2D eigenvalue weighted by Gasteiger charge is 2.37. The number of fused-ring (bicyclic) bond motifs is 6. The Bertz CT molecular complexity index is 2570. The van der Waals surface area contributed by atoms with Crippen LogP contribution in [-0.2, 0) is 53.2 Å². The molecule has 3 aliphatic heterocycles. The van der Waals surface area contributed by atoms with Gasteiger partial charge < -0.3 is 60.1 Å². The second-order valence-corrected chi connectivity index (χ2v) is 17.6. The number of likely N-dealkylation sites (tertiary alicyclic amines) is 1. The predicted octanol–water partition coefficient (Wildman–Crippen LogP) is 3.91. The molecule has 1 saturated heterocycles. The van der Waals surface area contributed by atoms with E-state index in [0.717, 1.165) is 36.3 Å². The molecular weight excluding hydrogens is 955 g/mol. The van der Waals surface area contributed by atoms with Crippen LogP contribution < -0.4 is 26.6 Å². The van der Waals surface area contributed by atoms with Crippen LogP contribution in [0.2, 0.25) is 0 Å². The molecule has 1 fully saturated rings. The SMILES string of the molecule is CCN(CC)CCOc1ccc2cc1COC/C=C/COCc1cccc(c1)C1=NC(=N2)N(C(=O)N(C)CCN(C)C(=O)OCc2ccc(NC(=O)CNC(=O)C3CCCN3C(=O)C(CC(N)=O)NO)cc2)C=C1. The minimum Gasteiger partial charge on any atom is -0.492 e. The summed E-state index contributed by atoms with van der Waals surface area (Å²) in [5, 5.41) is 14.6. The number of nitrogens with one attached hydrogen (secondary N) is 3. The molecule has 2 unspecified atom stereocenters. The number of rotatable bonds is 19. The van der Waals surface area contributed by atoms with Crippen LogP contribution >= 0.6 is 0 Å². The summed E-state index contributed by atoms with van der Waals surface area (Å²) in [6.45, 7) is 8.81. The standard InChI is InChI=1S/C52H67N11O11/c1-5-61(6-2)25-28-73-45-19-18-41-30-39(45)35-72-27-8-7-26-71-33-37-11-9-12-38(29-37)42-20-22-63(50(56-41)57-42)51(68)59(3)23-24-60(4)52(69)74-34-36-14-16-40(17-15-36)55-47(65)32-54-48(66)44-13-10-21-62(44)49(67)43(58-70)31-46(53)64/h7-9,11-12,14-20,22,29-30,43-44,58,70H,5-6,10,13,21,23-28,31-35H2,1-4H3,(H2,53,64)(H,54,66)(H,55,65)/b8-7+,56-50?. The first kappa shape index (κ1) is 55.8. The first-order valence-electron chi connectivity index (χ1n) is 24.6. The van der Waals surface area contributed by atoms with Gasteiger partial charge in [0.1, 0.15) is 31.0 Å². The van der Waals surface area contributed by atoms with Crippen molar-refractivity contribution in [3.63, 3.8) is 0 Å².